The lowest BCUT2D eigenvalue weighted by Crippen LogP contribution is -2.28. The van der Waals surface area contributed by atoms with Gasteiger partial charge in [-0.2, -0.15) is 0 Å². The molecule has 0 N–H and O–H groups in total. The number of hydrogen-bond donors (Lipinski definition) is 0. The summed E-state index contributed by atoms with van der Waals surface area (Å²) in [6, 6.07) is 24.3. The van der Waals surface area contributed by atoms with Crippen LogP contribution in [0.25, 0.3) is 0 Å². The van der Waals surface area contributed by atoms with Gasteiger partial charge in [-0.1, -0.05) is 55.1 Å². The maximum atomic E-state index is 5.82. The summed E-state index contributed by atoms with van der Waals surface area (Å²) in [7, 11) is 3.37. The summed E-state index contributed by atoms with van der Waals surface area (Å²) in [5.74, 6) is 3.41. The molecular formula is C27H32N2O3S. The minimum Gasteiger partial charge on any atom is -0.497 e. The number of hydrogen-bond acceptors (Lipinski definition) is 5. The quantitative estimate of drug-likeness (QED) is 0.252. The van der Waals surface area contributed by atoms with Crippen LogP contribution in [0.15, 0.2) is 77.8 Å². The van der Waals surface area contributed by atoms with E-state index in [2.05, 4.69) is 36.1 Å². The van der Waals surface area contributed by atoms with E-state index >= 15 is 0 Å². The number of benzene rings is 3. The minimum absolute atomic E-state index is 0.601. The largest absolute Gasteiger partial charge is 0.497 e. The first-order valence-electron chi connectivity index (χ1n) is 11.1. The number of thioether (sulfide) groups is 1. The molecule has 0 aromatic heterocycles. The first kappa shape index (κ1) is 24.5. The van der Waals surface area contributed by atoms with Crippen molar-refractivity contribution in [3.63, 3.8) is 0 Å². The van der Waals surface area contributed by atoms with Crippen LogP contribution in [0.3, 0.4) is 0 Å². The van der Waals surface area contributed by atoms with E-state index in [0.717, 1.165) is 46.9 Å². The summed E-state index contributed by atoms with van der Waals surface area (Å²) in [4.78, 5) is 7.36. The van der Waals surface area contributed by atoms with Gasteiger partial charge in [-0.05, 0) is 60.2 Å². The third-order valence-electron chi connectivity index (χ3n) is 4.99. The van der Waals surface area contributed by atoms with E-state index in [1.165, 1.54) is 11.1 Å². The molecule has 0 saturated carbocycles. The monoisotopic (exact) mass is 464 g/mol. The fraction of sp³-hybridized carbons (Fsp3) is 0.296. The van der Waals surface area contributed by atoms with Crippen LogP contribution in [0.4, 0.5) is 5.69 Å². The molecule has 0 atom stereocenters. The zero-order valence-corrected chi connectivity index (χ0v) is 20.6. The van der Waals surface area contributed by atoms with Crippen LogP contribution < -0.4 is 14.2 Å². The van der Waals surface area contributed by atoms with Gasteiger partial charge in [-0.25, -0.2) is 4.99 Å². The number of ether oxygens (including phenoxy) is 3. The highest BCUT2D eigenvalue weighted by Crippen LogP contribution is 2.30. The van der Waals surface area contributed by atoms with Crippen molar-refractivity contribution in [1.29, 1.82) is 0 Å². The number of para-hydroxylation sites is 2. The molecule has 0 fully saturated rings. The molecule has 3 aromatic rings. The average Bonchev–Trinajstić information content (AvgIpc) is 2.85. The van der Waals surface area contributed by atoms with Crippen LogP contribution >= 0.6 is 11.8 Å². The molecule has 0 aliphatic carbocycles. The molecule has 0 saturated heterocycles. The zero-order chi connectivity index (χ0) is 23.5. The molecule has 0 unspecified atom stereocenters. The third-order valence-corrected chi connectivity index (χ3v) is 5.89. The molecule has 33 heavy (non-hydrogen) atoms. The third kappa shape index (κ3) is 7.19. The maximum Gasteiger partial charge on any atom is 0.165 e. The van der Waals surface area contributed by atoms with E-state index in [1.807, 2.05) is 55.5 Å². The Hall–Kier alpha value is -3.12. The van der Waals surface area contributed by atoms with Gasteiger partial charge in [0.1, 0.15) is 22.9 Å². The Morgan fingerprint density at radius 1 is 0.788 bits per heavy atom. The van der Waals surface area contributed by atoms with Gasteiger partial charge >= 0.3 is 0 Å². The summed E-state index contributed by atoms with van der Waals surface area (Å²) >= 11 is 1.73. The summed E-state index contributed by atoms with van der Waals surface area (Å²) in [5.41, 5.74) is 3.21. The van der Waals surface area contributed by atoms with E-state index < -0.39 is 0 Å². The van der Waals surface area contributed by atoms with Crippen molar-refractivity contribution in [3.05, 3.63) is 83.9 Å². The highest BCUT2D eigenvalue weighted by molar-refractivity contribution is 8.13. The van der Waals surface area contributed by atoms with Crippen molar-refractivity contribution in [2.45, 2.75) is 26.9 Å². The number of amidine groups is 1. The molecular weight excluding hydrogens is 432 g/mol. The van der Waals surface area contributed by atoms with Crippen LogP contribution in [-0.2, 0) is 13.1 Å². The van der Waals surface area contributed by atoms with Crippen molar-refractivity contribution in [3.8, 4) is 17.2 Å². The van der Waals surface area contributed by atoms with E-state index in [1.54, 1.807) is 26.0 Å². The molecule has 0 radical (unpaired) electrons. The van der Waals surface area contributed by atoms with Crippen LogP contribution in [-0.4, -0.2) is 36.6 Å². The number of aliphatic imine (C=N–C) groups is 1. The predicted molar refractivity (Wildman–Crippen MR) is 138 cm³/mol. The molecule has 3 aromatic carbocycles. The Morgan fingerprint density at radius 2 is 1.33 bits per heavy atom. The highest BCUT2D eigenvalue weighted by Gasteiger charge is 2.15. The van der Waals surface area contributed by atoms with Gasteiger partial charge in [-0.15, -0.1) is 0 Å². The van der Waals surface area contributed by atoms with Gasteiger partial charge < -0.3 is 19.1 Å². The zero-order valence-electron chi connectivity index (χ0n) is 19.8. The molecule has 0 heterocycles. The minimum atomic E-state index is 0.601. The van der Waals surface area contributed by atoms with Gasteiger partial charge in [-0.3, -0.25) is 0 Å². The van der Waals surface area contributed by atoms with Gasteiger partial charge in [0.05, 0.1) is 20.8 Å². The Bertz CT molecular complexity index is 971. The normalized spacial score (nSPS) is 11.2. The number of methoxy groups -OCH3 is 2. The number of nitrogens with zero attached hydrogens (tertiary/aromatic N) is 2. The lowest BCUT2D eigenvalue weighted by molar-refractivity contribution is 0.341. The maximum absolute atomic E-state index is 5.82. The van der Waals surface area contributed by atoms with Gasteiger partial charge in [0, 0.05) is 13.1 Å². The van der Waals surface area contributed by atoms with Crippen LogP contribution in [0, 0.1) is 0 Å². The molecule has 0 bridgehead atoms. The SMILES string of the molecule is CCOc1ccccc1N=C(SCC)N(Cc1ccc(OC)cc1)Cc1ccc(OC)cc1. The van der Waals surface area contributed by atoms with E-state index in [-0.39, 0.29) is 0 Å². The standard InChI is InChI=1S/C27H32N2O3S/c1-5-32-26-10-8-7-9-25(26)28-27(33-6-2)29(19-21-11-15-23(30-3)16-12-21)20-22-13-17-24(31-4)18-14-22/h7-18H,5-6,19-20H2,1-4H3. The fourth-order valence-corrected chi connectivity index (χ4v) is 4.08. The van der Waals surface area contributed by atoms with Gasteiger partial charge in [0.25, 0.3) is 0 Å². The Balaban J connectivity index is 1.97. The van der Waals surface area contributed by atoms with E-state index in [9.17, 15) is 0 Å². The molecule has 174 valence electrons. The van der Waals surface area contributed by atoms with Crippen LogP contribution in [0.1, 0.15) is 25.0 Å². The second-order valence-electron chi connectivity index (χ2n) is 7.28. The van der Waals surface area contributed by atoms with Crippen molar-refractivity contribution in [2.75, 3.05) is 26.6 Å². The van der Waals surface area contributed by atoms with E-state index in [4.69, 9.17) is 19.2 Å². The van der Waals surface area contributed by atoms with Gasteiger partial charge in [0.15, 0.2) is 5.17 Å². The Morgan fingerprint density at radius 3 is 1.82 bits per heavy atom. The first-order valence-corrected chi connectivity index (χ1v) is 12.1. The summed E-state index contributed by atoms with van der Waals surface area (Å²) < 4.78 is 16.5. The van der Waals surface area contributed by atoms with E-state index in [0.29, 0.717) is 6.61 Å². The molecule has 0 aliphatic rings. The first-order chi connectivity index (χ1) is 16.2. The molecule has 6 heteroatoms. The Kier molecular flexibility index (Phi) is 9.51. The number of rotatable bonds is 10. The van der Waals surface area contributed by atoms with Crippen LogP contribution in [0.5, 0.6) is 17.2 Å². The predicted octanol–water partition coefficient (Wildman–Crippen LogP) is 6.55. The lowest BCUT2D eigenvalue weighted by atomic mass is 10.1. The second kappa shape index (κ2) is 12.8. The van der Waals surface area contributed by atoms with Crippen molar-refractivity contribution in [2.24, 2.45) is 4.99 Å². The van der Waals surface area contributed by atoms with Crippen LogP contribution in [0.2, 0.25) is 0 Å². The van der Waals surface area contributed by atoms with Crippen molar-refractivity contribution < 1.29 is 14.2 Å². The lowest BCUT2D eigenvalue weighted by Gasteiger charge is -2.26. The fourth-order valence-electron chi connectivity index (χ4n) is 3.35. The average molecular weight is 465 g/mol. The summed E-state index contributed by atoms with van der Waals surface area (Å²) in [5, 5.41) is 0.955. The summed E-state index contributed by atoms with van der Waals surface area (Å²) in [6.45, 7) is 6.18. The summed E-state index contributed by atoms with van der Waals surface area (Å²) in [6.07, 6.45) is 0. The molecule has 0 aliphatic heterocycles. The molecule has 5 nitrogen and oxygen atoms in total. The highest BCUT2D eigenvalue weighted by atomic mass is 32.2. The Labute approximate surface area is 201 Å². The molecule has 0 amide bonds. The smallest absolute Gasteiger partial charge is 0.165 e. The van der Waals surface area contributed by atoms with Crippen molar-refractivity contribution in [1.82, 2.24) is 4.90 Å². The molecule has 0 spiro atoms. The topological polar surface area (TPSA) is 43.3 Å². The van der Waals surface area contributed by atoms with Gasteiger partial charge in [0.2, 0.25) is 0 Å². The van der Waals surface area contributed by atoms with Crippen molar-refractivity contribution >= 4 is 22.6 Å². The second-order valence-corrected chi connectivity index (χ2v) is 8.51. The molecule has 3 rings (SSSR count).